The van der Waals surface area contributed by atoms with Crippen LogP contribution in [0.25, 0.3) is 10.9 Å². The first kappa shape index (κ1) is 17.0. The van der Waals surface area contributed by atoms with Gasteiger partial charge in [-0.15, -0.1) is 0 Å². The fraction of sp³-hybridized carbons (Fsp3) is 0.158. The quantitative estimate of drug-likeness (QED) is 0.685. The Bertz CT molecular complexity index is 998. The van der Waals surface area contributed by atoms with Crippen LogP contribution in [0.15, 0.2) is 36.5 Å². The maximum atomic E-state index is 13.4. The number of aryl methyl sites for hydroxylation is 1. The van der Waals surface area contributed by atoms with Gasteiger partial charge in [0.1, 0.15) is 17.6 Å². The van der Waals surface area contributed by atoms with Crippen molar-refractivity contribution in [2.45, 2.75) is 13.8 Å². The molecule has 0 spiro atoms. The van der Waals surface area contributed by atoms with Gasteiger partial charge in [-0.3, -0.25) is 4.98 Å². The van der Waals surface area contributed by atoms with E-state index in [1.165, 1.54) is 18.3 Å². The molecular formula is C19H15ClFN3O. The molecule has 1 aromatic heterocycles. The molecule has 2 aromatic carbocycles. The van der Waals surface area contributed by atoms with Crippen molar-refractivity contribution in [1.82, 2.24) is 4.98 Å². The summed E-state index contributed by atoms with van der Waals surface area (Å²) in [7, 11) is 0. The highest BCUT2D eigenvalue weighted by Crippen LogP contribution is 2.33. The van der Waals surface area contributed by atoms with Crippen LogP contribution in [0.4, 0.5) is 15.8 Å². The molecule has 6 heteroatoms. The minimum atomic E-state index is -0.496. The van der Waals surface area contributed by atoms with Gasteiger partial charge in [0, 0.05) is 23.3 Å². The second kappa shape index (κ2) is 6.96. The van der Waals surface area contributed by atoms with Crippen LogP contribution in [0.2, 0.25) is 5.02 Å². The average Bonchev–Trinajstić information content (AvgIpc) is 2.60. The molecule has 3 aromatic rings. The number of hydrogen-bond donors (Lipinski definition) is 1. The molecule has 4 nitrogen and oxygen atoms in total. The molecule has 0 aliphatic rings. The Kier molecular flexibility index (Phi) is 4.73. The number of anilines is 2. The van der Waals surface area contributed by atoms with Crippen molar-refractivity contribution in [3.8, 4) is 11.8 Å². The summed E-state index contributed by atoms with van der Waals surface area (Å²) < 4.78 is 19.0. The Labute approximate surface area is 149 Å². The van der Waals surface area contributed by atoms with Gasteiger partial charge in [0.05, 0.1) is 28.4 Å². The third-order valence-electron chi connectivity index (χ3n) is 3.77. The lowest BCUT2D eigenvalue weighted by molar-refractivity contribution is 0.338. The smallest absolute Gasteiger partial charge is 0.141 e. The van der Waals surface area contributed by atoms with E-state index in [-0.39, 0.29) is 5.02 Å². The molecule has 1 heterocycles. The summed E-state index contributed by atoms with van der Waals surface area (Å²) in [6.07, 6.45) is 1.50. The van der Waals surface area contributed by atoms with Crippen molar-refractivity contribution < 1.29 is 9.13 Å². The van der Waals surface area contributed by atoms with Crippen LogP contribution in [0.5, 0.6) is 5.75 Å². The van der Waals surface area contributed by atoms with E-state index in [9.17, 15) is 9.65 Å². The van der Waals surface area contributed by atoms with Crippen molar-refractivity contribution in [3.05, 3.63) is 58.5 Å². The lowest BCUT2D eigenvalue weighted by atomic mass is 10.1. The molecule has 0 aliphatic heterocycles. The van der Waals surface area contributed by atoms with Crippen LogP contribution in [0.3, 0.4) is 0 Å². The number of pyridine rings is 1. The standard InChI is InChI=1S/C19H15ClFN3O/c1-3-25-18-8-17-14(6-11(18)2)19(12(9-22)10-23-17)24-13-4-5-16(21)15(20)7-13/h4-8,10H,3H2,1-2H3,(H,23,24). The third kappa shape index (κ3) is 3.35. The zero-order valence-corrected chi connectivity index (χ0v) is 14.5. The van der Waals surface area contributed by atoms with Gasteiger partial charge in [0.15, 0.2) is 0 Å². The van der Waals surface area contributed by atoms with Crippen LogP contribution < -0.4 is 10.1 Å². The highest BCUT2D eigenvalue weighted by molar-refractivity contribution is 6.31. The molecule has 0 unspecified atom stereocenters. The first-order chi connectivity index (χ1) is 12.0. The third-order valence-corrected chi connectivity index (χ3v) is 4.06. The predicted molar refractivity (Wildman–Crippen MR) is 97.1 cm³/mol. The van der Waals surface area contributed by atoms with Gasteiger partial charge in [-0.2, -0.15) is 5.26 Å². The number of nitrogens with one attached hydrogen (secondary N) is 1. The largest absolute Gasteiger partial charge is 0.494 e. The summed E-state index contributed by atoms with van der Waals surface area (Å²) in [4.78, 5) is 4.34. The van der Waals surface area contributed by atoms with Crippen LogP contribution in [-0.4, -0.2) is 11.6 Å². The van der Waals surface area contributed by atoms with Crippen molar-refractivity contribution >= 4 is 33.9 Å². The topological polar surface area (TPSA) is 57.9 Å². The number of ether oxygens (including phenoxy) is 1. The van der Waals surface area contributed by atoms with Crippen LogP contribution in [0, 0.1) is 24.1 Å². The highest BCUT2D eigenvalue weighted by atomic mass is 35.5. The molecule has 0 saturated heterocycles. The second-order valence-electron chi connectivity index (χ2n) is 5.48. The Balaban J connectivity index is 2.15. The van der Waals surface area contributed by atoms with Gasteiger partial charge in [0.25, 0.3) is 0 Å². The Morgan fingerprint density at radius 2 is 2.12 bits per heavy atom. The number of fused-ring (bicyclic) bond motifs is 1. The van der Waals surface area contributed by atoms with Gasteiger partial charge in [-0.1, -0.05) is 11.6 Å². The summed E-state index contributed by atoms with van der Waals surface area (Å²) in [6, 6.07) is 10.2. The SMILES string of the molecule is CCOc1cc2ncc(C#N)c(Nc3ccc(F)c(Cl)c3)c2cc1C. The molecular weight excluding hydrogens is 341 g/mol. The molecule has 0 amide bonds. The number of benzene rings is 2. The lowest BCUT2D eigenvalue weighted by Crippen LogP contribution is -1.99. The first-order valence-electron chi connectivity index (χ1n) is 7.71. The normalized spacial score (nSPS) is 10.5. The van der Waals surface area contributed by atoms with Crippen LogP contribution >= 0.6 is 11.6 Å². The van der Waals surface area contributed by atoms with Crippen LogP contribution in [0.1, 0.15) is 18.1 Å². The van der Waals surface area contributed by atoms with Gasteiger partial charge in [-0.05, 0) is 43.7 Å². The minimum Gasteiger partial charge on any atom is -0.494 e. The van der Waals surface area contributed by atoms with Crippen molar-refractivity contribution in [2.75, 3.05) is 11.9 Å². The number of nitriles is 1. The van der Waals surface area contributed by atoms with E-state index >= 15 is 0 Å². The molecule has 126 valence electrons. The van der Waals surface area contributed by atoms with E-state index in [0.29, 0.717) is 29.1 Å². The highest BCUT2D eigenvalue weighted by Gasteiger charge is 2.13. The zero-order chi connectivity index (χ0) is 18.0. The minimum absolute atomic E-state index is 0.0108. The molecule has 3 rings (SSSR count). The average molecular weight is 356 g/mol. The Hall–Kier alpha value is -2.84. The number of halogens is 2. The zero-order valence-electron chi connectivity index (χ0n) is 13.7. The molecule has 1 N–H and O–H groups in total. The first-order valence-corrected chi connectivity index (χ1v) is 8.09. The molecule has 0 bridgehead atoms. The van der Waals surface area contributed by atoms with E-state index in [4.69, 9.17) is 16.3 Å². The van der Waals surface area contributed by atoms with Gasteiger partial charge < -0.3 is 10.1 Å². The summed E-state index contributed by atoms with van der Waals surface area (Å²) >= 11 is 5.84. The molecule has 0 aliphatic carbocycles. The maximum absolute atomic E-state index is 13.4. The van der Waals surface area contributed by atoms with E-state index in [1.54, 1.807) is 6.07 Å². The number of nitrogens with zero attached hydrogens (tertiary/aromatic N) is 2. The van der Waals surface area contributed by atoms with Gasteiger partial charge >= 0.3 is 0 Å². The Morgan fingerprint density at radius 3 is 2.80 bits per heavy atom. The van der Waals surface area contributed by atoms with Crippen LogP contribution in [-0.2, 0) is 0 Å². The maximum Gasteiger partial charge on any atom is 0.141 e. The van der Waals surface area contributed by atoms with E-state index < -0.39 is 5.82 Å². The van der Waals surface area contributed by atoms with E-state index in [0.717, 1.165) is 16.7 Å². The van der Waals surface area contributed by atoms with Gasteiger partial charge in [0.2, 0.25) is 0 Å². The predicted octanol–water partition coefficient (Wildman–Crippen LogP) is 5.35. The summed E-state index contributed by atoms with van der Waals surface area (Å²) in [6.45, 7) is 4.41. The number of hydrogen-bond acceptors (Lipinski definition) is 4. The summed E-state index contributed by atoms with van der Waals surface area (Å²) in [5.41, 5.74) is 3.20. The van der Waals surface area contributed by atoms with Gasteiger partial charge in [-0.25, -0.2) is 4.39 Å². The monoisotopic (exact) mass is 355 g/mol. The molecule has 25 heavy (non-hydrogen) atoms. The fourth-order valence-electron chi connectivity index (χ4n) is 2.58. The molecule has 0 atom stereocenters. The molecule has 0 saturated carbocycles. The number of rotatable bonds is 4. The summed E-state index contributed by atoms with van der Waals surface area (Å²) in [5.74, 6) is 0.257. The molecule has 0 radical (unpaired) electrons. The van der Waals surface area contributed by atoms with Crippen molar-refractivity contribution in [1.29, 1.82) is 5.26 Å². The number of aromatic nitrogens is 1. The second-order valence-corrected chi connectivity index (χ2v) is 5.89. The fourth-order valence-corrected chi connectivity index (χ4v) is 2.76. The lowest BCUT2D eigenvalue weighted by Gasteiger charge is -2.14. The van der Waals surface area contributed by atoms with E-state index in [1.807, 2.05) is 26.0 Å². The van der Waals surface area contributed by atoms with E-state index in [2.05, 4.69) is 16.4 Å². The summed E-state index contributed by atoms with van der Waals surface area (Å²) in [5, 5.41) is 13.4. The molecule has 0 fully saturated rings. The van der Waals surface area contributed by atoms with Crippen molar-refractivity contribution in [3.63, 3.8) is 0 Å². The van der Waals surface area contributed by atoms with Crippen molar-refractivity contribution in [2.24, 2.45) is 0 Å². The Morgan fingerprint density at radius 1 is 1.32 bits per heavy atom.